The summed E-state index contributed by atoms with van der Waals surface area (Å²) in [4.78, 5) is 0. The smallest absolute Gasteiger partial charge is 0.0175 e. The average Bonchev–Trinajstić information content (AvgIpc) is 3.11. The van der Waals surface area contributed by atoms with Crippen LogP contribution in [0, 0.1) is 5.92 Å². The van der Waals surface area contributed by atoms with Gasteiger partial charge in [0.05, 0.1) is 0 Å². The molecule has 0 spiro atoms. The van der Waals surface area contributed by atoms with Gasteiger partial charge in [0, 0.05) is 4.47 Å². The third-order valence-corrected chi connectivity index (χ3v) is 4.09. The summed E-state index contributed by atoms with van der Waals surface area (Å²) in [6.45, 7) is 0. The van der Waals surface area contributed by atoms with E-state index in [0.717, 1.165) is 11.8 Å². The number of benzene rings is 2. The highest BCUT2D eigenvalue weighted by Crippen LogP contribution is 2.49. The van der Waals surface area contributed by atoms with Crippen LogP contribution < -0.4 is 0 Å². The van der Waals surface area contributed by atoms with Crippen LogP contribution >= 0.6 is 15.9 Å². The fourth-order valence-electron chi connectivity index (χ4n) is 2.51. The Morgan fingerprint density at radius 2 is 1.65 bits per heavy atom. The van der Waals surface area contributed by atoms with Gasteiger partial charge in [0.2, 0.25) is 0 Å². The molecule has 0 nitrogen and oxygen atoms in total. The van der Waals surface area contributed by atoms with E-state index in [1.807, 2.05) is 0 Å². The lowest BCUT2D eigenvalue weighted by Gasteiger charge is -2.01. The van der Waals surface area contributed by atoms with E-state index in [2.05, 4.69) is 70.5 Å². The summed E-state index contributed by atoms with van der Waals surface area (Å²) in [6.07, 6.45) is 2.57. The quantitative estimate of drug-likeness (QED) is 0.761. The molecule has 0 aromatic heterocycles. The Balaban J connectivity index is 1.65. The van der Waals surface area contributed by atoms with E-state index in [4.69, 9.17) is 0 Å². The van der Waals surface area contributed by atoms with Crippen molar-refractivity contribution in [2.45, 2.75) is 18.8 Å². The maximum Gasteiger partial charge on any atom is 0.0175 e. The number of hydrogen-bond acceptors (Lipinski definition) is 0. The van der Waals surface area contributed by atoms with Gasteiger partial charge in [-0.15, -0.1) is 0 Å². The molecule has 0 unspecified atom stereocenters. The van der Waals surface area contributed by atoms with Gasteiger partial charge in [-0.3, -0.25) is 0 Å². The molecule has 1 aliphatic rings. The second-order valence-electron chi connectivity index (χ2n) is 4.84. The van der Waals surface area contributed by atoms with Gasteiger partial charge in [0.25, 0.3) is 0 Å². The van der Waals surface area contributed by atoms with Crippen molar-refractivity contribution < 1.29 is 0 Å². The Labute approximate surface area is 111 Å². The second-order valence-corrected chi connectivity index (χ2v) is 5.76. The minimum atomic E-state index is 0.781. The van der Waals surface area contributed by atoms with E-state index < -0.39 is 0 Å². The average molecular weight is 287 g/mol. The Bertz CT molecular complexity index is 487. The first-order valence-corrected chi connectivity index (χ1v) is 6.91. The van der Waals surface area contributed by atoms with Crippen LogP contribution in [0.3, 0.4) is 0 Å². The summed E-state index contributed by atoms with van der Waals surface area (Å²) in [6, 6.07) is 19.6. The Morgan fingerprint density at radius 3 is 2.35 bits per heavy atom. The first-order valence-electron chi connectivity index (χ1n) is 6.12. The lowest BCUT2D eigenvalue weighted by molar-refractivity contribution is 0.795. The van der Waals surface area contributed by atoms with Crippen molar-refractivity contribution in [1.82, 2.24) is 0 Å². The van der Waals surface area contributed by atoms with Gasteiger partial charge in [0.15, 0.2) is 0 Å². The Hall–Kier alpha value is -1.08. The highest BCUT2D eigenvalue weighted by molar-refractivity contribution is 9.10. The number of rotatable bonds is 3. The Kier molecular flexibility index (Phi) is 3.02. The zero-order valence-electron chi connectivity index (χ0n) is 9.64. The molecule has 86 valence electrons. The van der Waals surface area contributed by atoms with E-state index in [1.165, 1.54) is 28.4 Å². The van der Waals surface area contributed by atoms with Crippen LogP contribution in [0.5, 0.6) is 0 Å². The molecule has 17 heavy (non-hydrogen) atoms. The van der Waals surface area contributed by atoms with Gasteiger partial charge in [0.1, 0.15) is 0 Å². The molecule has 1 aliphatic carbocycles. The molecule has 1 fully saturated rings. The van der Waals surface area contributed by atoms with Crippen molar-refractivity contribution in [3.63, 3.8) is 0 Å². The third kappa shape index (κ3) is 2.61. The van der Waals surface area contributed by atoms with E-state index >= 15 is 0 Å². The molecule has 0 amide bonds. The number of halogens is 1. The lowest BCUT2D eigenvalue weighted by atomic mass is 10.0. The minimum absolute atomic E-state index is 0.781. The highest BCUT2D eigenvalue weighted by Gasteiger charge is 2.37. The predicted molar refractivity (Wildman–Crippen MR) is 75.1 cm³/mol. The zero-order chi connectivity index (χ0) is 11.7. The first kappa shape index (κ1) is 11.0. The van der Waals surface area contributed by atoms with Gasteiger partial charge in [-0.05, 0) is 47.9 Å². The maximum absolute atomic E-state index is 3.48. The van der Waals surface area contributed by atoms with Crippen LogP contribution in [0.25, 0.3) is 0 Å². The van der Waals surface area contributed by atoms with E-state index in [9.17, 15) is 0 Å². The lowest BCUT2D eigenvalue weighted by Crippen LogP contribution is -1.89. The summed E-state index contributed by atoms with van der Waals surface area (Å²) in [5, 5.41) is 0. The molecule has 2 aromatic carbocycles. The maximum atomic E-state index is 3.48. The SMILES string of the molecule is Brc1ccc([C@@H]2C[C@@H]2Cc2ccccc2)cc1. The fraction of sp³-hybridized carbons (Fsp3) is 0.250. The van der Waals surface area contributed by atoms with Crippen LogP contribution in [0.2, 0.25) is 0 Å². The topological polar surface area (TPSA) is 0 Å². The molecule has 0 bridgehead atoms. The van der Waals surface area contributed by atoms with E-state index in [1.54, 1.807) is 0 Å². The predicted octanol–water partition coefficient (Wildman–Crippen LogP) is 4.80. The van der Waals surface area contributed by atoms with Gasteiger partial charge < -0.3 is 0 Å². The van der Waals surface area contributed by atoms with E-state index in [-0.39, 0.29) is 0 Å². The molecule has 0 heterocycles. The van der Waals surface area contributed by atoms with Crippen LogP contribution in [0.15, 0.2) is 59.1 Å². The van der Waals surface area contributed by atoms with Crippen molar-refractivity contribution in [3.8, 4) is 0 Å². The normalized spacial score (nSPS) is 22.4. The molecule has 2 aromatic rings. The highest BCUT2D eigenvalue weighted by atomic mass is 79.9. The van der Waals surface area contributed by atoms with Crippen LogP contribution in [-0.2, 0) is 6.42 Å². The van der Waals surface area contributed by atoms with Gasteiger partial charge in [-0.25, -0.2) is 0 Å². The van der Waals surface area contributed by atoms with Crippen LogP contribution in [0.1, 0.15) is 23.5 Å². The van der Waals surface area contributed by atoms with Gasteiger partial charge in [-0.2, -0.15) is 0 Å². The molecule has 1 saturated carbocycles. The molecule has 0 saturated heterocycles. The summed E-state index contributed by atoms with van der Waals surface area (Å²) >= 11 is 3.48. The number of hydrogen-bond donors (Lipinski definition) is 0. The molecule has 0 radical (unpaired) electrons. The van der Waals surface area contributed by atoms with Gasteiger partial charge in [-0.1, -0.05) is 58.4 Å². The first-order chi connectivity index (χ1) is 8.33. The van der Waals surface area contributed by atoms with Crippen LogP contribution in [-0.4, -0.2) is 0 Å². The molecular weight excluding hydrogens is 272 g/mol. The molecule has 0 aliphatic heterocycles. The van der Waals surface area contributed by atoms with Crippen molar-refractivity contribution in [2.75, 3.05) is 0 Å². The van der Waals surface area contributed by atoms with Crippen LogP contribution in [0.4, 0.5) is 0 Å². The van der Waals surface area contributed by atoms with Crippen molar-refractivity contribution in [3.05, 3.63) is 70.2 Å². The fourth-order valence-corrected chi connectivity index (χ4v) is 2.77. The van der Waals surface area contributed by atoms with E-state index in [0.29, 0.717) is 0 Å². The minimum Gasteiger partial charge on any atom is -0.0622 e. The second kappa shape index (κ2) is 4.66. The largest absolute Gasteiger partial charge is 0.0622 e. The third-order valence-electron chi connectivity index (χ3n) is 3.56. The standard InChI is InChI=1S/C16H15Br/c17-15-8-6-13(7-9-15)16-11-14(16)10-12-4-2-1-3-5-12/h1-9,14,16H,10-11H2/t14-,16-/m0/s1. The summed E-state index contributed by atoms with van der Waals surface area (Å²) in [5.41, 5.74) is 2.96. The summed E-state index contributed by atoms with van der Waals surface area (Å²) in [5.74, 6) is 1.63. The summed E-state index contributed by atoms with van der Waals surface area (Å²) in [7, 11) is 0. The van der Waals surface area contributed by atoms with Gasteiger partial charge >= 0.3 is 0 Å². The molecule has 3 rings (SSSR count). The molecule has 2 atom stereocenters. The molecule has 1 heteroatoms. The molecule has 0 N–H and O–H groups in total. The zero-order valence-corrected chi connectivity index (χ0v) is 11.2. The van der Waals surface area contributed by atoms with Crippen molar-refractivity contribution in [1.29, 1.82) is 0 Å². The molecular formula is C16H15Br. The monoisotopic (exact) mass is 286 g/mol. The van der Waals surface area contributed by atoms with Crippen molar-refractivity contribution >= 4 is 15.9 Å². The summed E-state index contributed by atoms with van der Waals surface area (Å²) < 4.78 is 1.17. The van der Waals surface area contributed by atoms with Crippen molar-refractivity contribution in [2.24, 2.45) is 5.92 Å². The Morgan fingerprint density at radius 1 is 0.941 bits per heavy atom.